The fourth-order valence-corrected chi connectivity index (χ4v) is 1.11. The molecule has 1 aromatic carbocycles. The number of nitrogens with one attached hydrogen (secondary N) is 1. The summed E-state index contributed by atoms with van der Waals surface area (Å²) in [4.78, 5) is 31.6. The van der Waals surface area contributed by atoms with Crippen molar-refractivity contribution in [2.45, 2.75) is 0 Å². The lowest BCUT2D eigenvalue weighted by Crippen LogP contribution is -2.33. The van der Waals surface area contributed by atoms with Gasteiger partial charge in [-0.3, -0.25) is 19.7 Å². The number of carbonyl (C=O) groups excluding carboxylic acids is 2. The molecule has 0 aliphatic rings. The minimum atomic E-state index is -0.887. The van der Waals surface area contributed by atoms with Crippen molar-refractivity contribution in [3.63, 3.8) is 0 Å². The maximum absolute atomic E-state index is 12.8. The van der Waals surface area contributed by atoms with Crippen LogP contribution < -0.4 is 11.1 Å². The van der Waals surface area contributed by atoms with Gasteiger partial charge >= 0.3 is 0 Å². The quantitative estimate of drug-likeness (QED) is 0.567. The molecule has 0 aromatic heterocycles. The van der Waals surface area contributed by atoms with Gasteiger partial charge in [0.2, 0.25) is 5.91 Å². The molecule has 0 spiro atoms. The molecule has 0 aliphatic heterocycles. The van der Waals surface area contributed by atoms with E-state index in [4.69, 9.17) is 5.73 Å². The van der Waals surface area contributed by atoms with Crippen LogP contribution >= 0.6 is 0 Å². The Bertz CT molecular complexity index is 489. The number of nitro benzene ring substituents is 1. The fraction of sp³-hybridized carbons (Fsp3) is 0.111. The van der Waals surface area contributed by atoms with Crippen LogP contribution in [0.3, 0.4) is 0 Å². The molecule has 8 heteroatoms. The molecule has 90 valence electrons. The molecule has 17 heavy (non-hydrogen) atoms. The molecule has 0 saturated heterocycles. The van der Waals surface area contributed by atoms with E-state index >= 15 is 0 Å². The lowest BCUT2D eigenvalue weighted by molar-refractivity contribution is -0.385. The second-order valence-electron chi connectivity index (χ2n) is 3.07. The van der Waals surface area contributed by atoms with Crippen LogP contribution in [0, 0.1) is 15.9 Å². The number of rotatable bonds is 4. The van der Waals surface area contributed by atoms with E-state index in [1.807, 2.05) is 0 Å². The third-order valence-electron chi connectivity index (χ3n) is 1.82. The average Bonchev–Trinajstić information content (AvgIpc) is 2.25. The molecule has 0 fully saturated rings. The summed E-state index contributed by atoms with van der Waals surface area (Å²) in [6, 6.07) is 2.50. The summed E-state index contributed by atoms with van der Waals surface area (Å²) in [7, 11) is 0. The molecule has 1 rings (SSSR count). The summed E-state index contributed by atoms with van der Waals surface area (Å²) in [5.41, 5.74) is 3.78. The van der Waals surface area contributed by atoms with E-state index < -0.39 is 34.8 Å². The molecule has 7 nitrogen and oxygen atoms in total. The summed E-state index contributed by atoms with van der Waals surface area (Å²) in [5, 5.41) is 12.7. The van der Waals surface area contributed by atoms with E-state index in [0.717, 1.165) is 12.1 Å². The Morgan fingerprint density at radius 1 is 1.47 bits per heavy atom. The lowest BCUT2D eigenvalue weighted by atomic mass is 10.1. The van der Waals surface area contributed by atoms with Crippen molar-refractivity contribution >= 4 is 17.5 Å². The highest BCUT2D eigenvalue weighted by Gasteiger charge is 2.20. The molecule has 0 bridgehead atoms. The summed E-state index contributed by atoms with van der Waals surface area (Å²) in [6.07, 6.45) is 0. The van der Waals surface area contributed by atoms with Crippen molar-refractivity contribution < 1.29 is 18.9 Å². The van der Waals surface area contributed by atoms with E-state index in [1.54, 1.807) is 0 Å². The number of nitrogens with zero attached hydrogens (tertiary/aromatic N) is 1. The van der Waals surface area contributed by atoms with E-state index in [-0.39, 0.29) is 5.56 Å². The Balaban J connectivity index is 3.00. The number of carbonyl (C=O) groups is 2. The highest BCUT2D eigenvalue weighted by molar-refractivity contribution is 5.99. The number of amides is 2. The van der Waals surface area contributed by atoms with Crippen molar-refractivity contribution in [2.24, 2.45) is 5.73 Å². The molecule has 0 atom stereocenters. The van der Waals surface area contributed by atoms with Crippen molar-refractivity contribution in [2.75, 3.05) is 6.54 Å². The number of benzene rings is 1. The van der Waals surface area contributed by atoms with E-state index in [0.29, 0.717) is 6.07 Å². The Labute approximate surface area is 94.6 Å². The molecule has 0 unspecified atom stereocenters. The standard InChI is InChI=1S/C9H8FN3O4/c10-5-1-2-6(7(3-5)13(16)17)9(15)12-4-8(11)14/h1-3H,4H2,(H2,11,14)(H,12,15). The van der Waals surface area contributed by atoms with Crippen LogP contribution in [0.5, 0.6) is 0 Å². The molecular formula is C9H8FN3O4. The summed E-state index contributed by atoms with van der Waals surface area (Å²) >= 11 is 0. The smallest absolute Gasteiger partial charge is 0.285 e. The first-order valence-electron chi connectivity index (χ1n) is 4.42. The molecule has 0 radical (unpaired) electrons. The monoisotopic (exact) mass is 241 g/mol. The maximum Gasteiger partial charge on any atom is 0.285 e. The molecular weight excluding hydrogens is 233 g/mol. The van der Waals surface area contributed by atoms with Crippen LogP contribution in [0.4, 0.5) is 10.1 Å². The zero-order valence-electron chi connectivity index (χ0n) is 8.47. The van der Waals surface area contributed by atoms with Crippen molar-refractivity contribution in [1.82, 2.24) is 5.32 Å². The molecule has 1 aromatic rings. The Morgan fingerprint density at radius 3 is 2.65 bits per heavy atom. The van der Waals surface area contributed by atoms with Gasteiger partial charge in [0.25, 0.3) is 11.6 Å². The van der Waals surface area contributed by atoms with Crippen LogP contribution in [-0.4, -0.2) is 23.3 Å². The van der Waals surface area contributed by atoms with E-state index in [1.165, 1.54) is 0 Å². The van der Waals surface area contributed by atoms with Gasteiger partial charge in [-0.1, -0.05) is 0 Å². The number of hydrogen-bond acceptors (Lipinski definition) is 4. The van der Waals surface area contributed by atoms with Gasteiger partial charge in [-0.2, -0.15) is 0 Å². The van der Waals surface area contributed by atoms with E-state index in [2.05, 4.69) is 5.32 Å². The fourth-order valence-electron chi connectivity index (χ4n) is 1.11. The zero-order valence-corrected chi connectivity index (χ0v) is 8.47. The molecule has 0 aliphatic carbocycles. The summed E-state index contributed by atoms with van der Waals surface area (Å²) in [5.74, 6) is -2.48. The lowest BCUT2D eigenvalue weighted by Gasteiger charge is -2.03. The van der Waals surface area contributed by atoms with Gasteiger partial charge in [0.05, 0.1) is 17.5 Å². The highest BCUT2D eigenvalue weighted by Crippen LogP contribution is 2.19. The summed E-state index contributed by atoms with van der Waals surface area (Å²) in [6.45, 7) is -0.451. The van der Waals surface area contributed by atoms with Crippen molar-refractivity contribution in [3.05, 3.63) is 39.7 Å². The number of primary amides is 1. The van der Waals surface area contributed by atoms with Crippen LogP contribution in [0.1, 0.15) is 10.4 Å². The predicted octanol–water partition coefficient (Wildman–Crippen LogP) is -0.0510. The summed E-state index contributed by atoms with van der Waals surface area (Å²) < 4.78 is 12.8. The van der Waals surface area contributed by atoms with Gasteiger partial charge in [0.1, 0.15) is 11.4 Å². The number of nitrogens with two attached hydrogens (primary N) is 1. The number of hydrogen-bond donors (Lipinski definition) is 2. The van der Waals surface area contributed by atoms with Crippen LogP contribution in [-0.2, 0) is 4.79 Å². The van der Waals surface area contributed by atoms with E-state index in [9.17, 15) is 24.1 Å². The third-order valence-corrected chi connectivity index (χ3v) is 1.82. The second-order valence-corrected chi connectivity index (χ2v) is 3.07. The van der Waals surface area contributed by atoms with Gasteiger partial charge in [-0.05, 0) is 12.1 Å². The van der Waals surface area contributed by atoms with Gasteiger partial charge in [-0.15, -0.1) is 0 Å². The largest absolute Gasteiger partial charge is 0.368 e. The second kappa shape index (κ2) is 5.01. The number of halogens is 1. The minimum absolute atomic E-state index is 0.336. The Kier molecular flexibility index (Phi) is 3.70. The first kappa shape index (κ1) is 12.6. The van der Waals surface area contributed by atoms with Crippen LogP contribution in [0.25, 0.3) is 0 Å². The Morgan fingerprint density at radius 2 is 2.12 bits per heavy atom. The molecule has 0 saturated carbocycles. The van der Waals surface area contributed by atoms with Gasteiger partial charge in [0.15, 0.2) is 0 Å². The molecule has 2 amide bonds. The molecule has 0 heterocycles. The first-order valence-corrected chi connectivity index (χ1v) is 4.42. The first-order chi connectivity index (χ1) is 7.91. The maximum atomic E-state index is 12.8. The SMILES string of the molecule is NC(=O)CNC(=O)c1ccc(F)cc1[N+](=O)[O-]. The normalized spacial score (nSPS) is 9.71. The van der Waals surface area contributed by atoms with Crippen molar-refractivity contribution in [1.29, 1.82) is 0 Å². The zero-order chi connectivity index (χ0) is 13.0. The van der Waals surface area contributed by atoms with Crippen LogP contribution in [0.2, 0.25) is 0 Å². The minimum Gasteiger partial charge on any atom is -0.368 e. The highest BCUT2D eigenvalue weighted by atomic mass is 19.1. The third kappa shape index (κ3) is 3.23. The topological polar surface area (TPSA) is 115 Å². The van der Waals surface area contributed by atoms with Gasteiger partial charge in [0, 0.05) is 0 Å². The van der Waals surface area contributed by atoms with Crippen LogP contribution in [0.15, 0.2) is 18.2 Å². The average molecular weight is 241 g/mol. The predicted molar refractivity (Wildman–Crippen MR) is 54.6 cm³/mol. The number of nitro groups is 1. The molecule has 3 N–H and O–H groups in total. The van der Waals surface area contributed by atoms with Gasteiger partial charge < -0.3 is 11.1 Å². The van der Waals surface area contributed by atoms with Crippen molar-refractivity contribution in [3.8, 4) is 0 Å². The Hall–Kier alpha value is -2.51. The van der Waals surface area contributed by atoms with Gasteiger partial charge in [-0.25, -0.2) is 4.39 Å².